The SMILES string of the molecule is COC1C[C@H]2CC[C@@H](C1)N2c1nc(-c2c(C)ccc3c2c(C)nn3S(=O)(=O)c2ccc(C)cc2)nc2c1CN(c1c(F)c(C3CC3)nn1C)CC2. The van der Waals surface area contributed by atoms with E-state index in [1.165, 1.54) is 0 Å². The molecule has 0 spiro atoms. The van der Waals surface area contributed by atoms with Crippen molar-refractivity contribution in [3.8, 4) is 11.4 Å². The highest BCUT2D eigenvalue weighted by Gasteiger charge is 2.44. The summed E-state index contributed by atoms with van der Waals surface area (Å²) < 4.78 is 52.5. The number of aryl methyl sites for hydroxylation is 4. The highest BCUT2D eigenvalue weighted by Crippen LogP contribution is 2.46. The second-order valence-electron chi connectivity index (χ2n) is 14.9. The van der Waals surface area contributed by atoms with Crippen LogP contribution < -0.4 is 9.80 Å². The molecule has 0 radical (unpaired) electrons. The molecule has 0 N–H and O–H groups in total. The summed E-state index contributed by atoms with van der Waals surface area (Å²) in [7, 11) is -0.334. The number of aromatic nitrogens is 6. The molecule has 1 aliphatic carbocycles. The van der Waals surface area contributed by atoms with Crippen LogP contribution in [0.2, 0.25) is 0 Å². The molecule has 11 nitrogen and oxygen atoms in total. The van der Waals surface area contributed by atoms with Gasteiger partial charge in [0, 0.05) is 68.2 Å². The number of rotatable bonds is 7. The van der Waals surface area contributed by atoms with Crippen molar-refractivity contribution in [2.24, 2.45) is 7.05 Å². The molecule has 3 aliphatic heterocycles. The van der Waals surface area contributed by atoms with Crippen LogP contribution in [0, 0.1) is 26.6 Å². The maximum Gasteiger partial charge on any atom is 0.283 e. The predicted molar refractivity (Wildman–Crippen MR) is 193 cm³/mol. The van der Waals surface area contributed by atoms with Crippen LogP contribution in [0.15, 0.2) is 41.3 Å². The van der Waals surface area contributed by atoms with Crippen LogP contribution in [0.25, 0.3) is 22.3 Å². The minimum atomic E-state index is -3.97. The quantitative estimate of drug-likeness (QED) is 0.198. The summed E-state index contributed by atoms with van der Waals surface area (Å²) in [6.07, 6.45) is 6.74. The molecule has 3 fully saturated rings. The maximum absolute atomic E-state index is 15.9. The third-order valence-electron chi connectivity index (χ3n) is 11.5. The van der Waals surface area contributed by atoms with Crippen molar-refractivity contribution in [1.82, 2.24) is 28.9 Å². The van der Waals surface area contributed by atoms with Crippen LogP contribution in [0.5, 0.6) is 0 Å². The lowest BCUT2D eigenvalue weighted by atomic mass is 9.96. The molecular weight excluding hydrogens is 668 g/mol. The van der Waals surface area contributed by atoms with Gasteiger partial charge in [0.1, 0.15) is 11.5 Å². The van der Waals surface area contributed by atoms with E-state index in [1.54, 1.807) is 36.1 Å². The fourth-order valence-electron chi connectivity index (χ4n) is 8.78. The van der Waals surface area contributed by atoms with Crippen molar-refractivity contribution in [2.45, 2.75) is 101 Å². The topological polar surface area (TPSA) is 111 Å². The third-order valence-corrected chi connectivity index (χ3v) is 13.1. The third kappa shape index (κ3) is 5.17. The van der Waals surface area contributed by atoms with E-state index < -0.39 is 10.0 Å². The number of ether oxygens (including phenoxy) is 1. The second-order valence-corrected chi connectivity index (χ2v) is 16.7. The Bertz CT molecular complexity index is 2300. The van der Waals surface area contributed by atoms with Crippen molar-refractivity contribution in [1.29, 1.82) is 0 Å². The van der Waals surface area contributed by atoms with Gasteiger partial charge in [0.2, 0.25) is 0 Å². The molecular formula is C38H43FN8O3S. The van der Waals surface area contributed by atoms with Crippen molar-refractivity contribution < 1.29 is 17.5 Å². The van der Waals surface area contributed by atoms with Gasteiger partial charge in [-0.15, -0.1) is 0 Å². The van der Waals surface area contributed by atoms with E-state index in [-0.39, 0.29) is 34.8 Å². The number of fused-ring (bicyclic) bond motifs is 4. The number of methoxy groups -OCH3 is 1. The number of benzene rings is 2. The molecule has 3 aromatic heterocycles. The summed E-state index contributed by atoms with van der Waals surface area (Å²) in [5, 5.41) is 9.94. The Balaban J connectivity index is 1.20. The Hall–Kier alpha value is -4.36. The molecule has 266 valence electrons. The van der Waals surface area contributed by atoms with Gasteiger partial charge in [0.05, 0.1) is 27.9 Å². The van der Waals surface area contributed by atoms with Crippen molar-refractivity contribution >= 4 is 32.6 Å². The highest BCUT2D eigenvalue weighted by molar-refractivity contribution is 7.90. The summed E-state index contributed by atoms with van der Waals surface area (Å²) in [6, 6.07) is 11.1. The first-order valence-electron chi connectivity index (χ1n) is 18.0. The van der Waals surface area contributed by atoms with Crippen LogP contribution in [0.1, 0.15) is 78.2 Å². The first-order valence-corrected chi connectivity index (χ1v) is 19.5. The Morgan fingerprint density at radius 2 is 1.65 bits per heavy atom. The Kier molecular flexibility index (Phi) is 7.56. The van der Waals surface area contributed by atoms with Crippen LogP contribution in [0.3, 0.4) is 0 Å². The smallest absolute Gasteiger partial charge is 0.283 e. The van der Waals surface area contributed by atoms with Gasteiger partial charge < -0.3 is 14.5 Å². The molecule has 1 unspecified atom stereocenters. The summed E-state index contributed by atoms with van der Waals surface area (Å²) in [5.41, 5.74) is 6.32. The maximum atomic E-state index is 15.9. The standard InChI is InChI=1S/C38H43FN8O3S/c1-21-6-13-28(14-7-21)51(48,49)47-31-15-8-22(2)32(33(31)23(3)42-47)36-40-30-16-17-45(38-34(39)35(24-9-10-24)43-44(38)4)20-29(30)37(41-36)46-25-11-12-26(46)19-27(18-25)50-5/h6-8,13-15,24-27H,9-12,16-20H2,1-5H3/t25-,26+,27?. The lowest BCUT2D eigenvalue weighted by Gasteiger charge is -2.41. The van der Waals surface area contributed by atoms with E-state index in [4.69, 9.17) is 14.7 Å². The number of halogens is 1. The van der Waals surface area contributed by atoms with E-state index in [0.717, 1.165) is 81.8 Å². The molecule has 0 amide bonds. The Morgan fingerprint density at radius 1 is 0.922 bits per heavy atom. The summed E-state index contributed by atoms with van der Waals surface area (Å²) in [5.74, 6) is 1.98. The minimum absolute atomic E-state index is 0.181. The average Bonchev–Trinajstić information content (AvgIpc) is 3.78. The van der Waals surface area contributed by atoms with Gasteiger partial charge in [-0.1, -0.05) is 23.8 Å². The lowest BCUT2D eigenvalue weighted by molar-refractivity contribution is 0.0681. The molecule has 6 heterocycles. The number of piperidine rings is 1. The summed E-state index contributed by atoms with van der Waals surface area (Å²) >= 11 is 0. The Labute approximate surface area is 297 Å². The number of anilines is 2. The van der Waals surface area contributed by atoms with Gasteiger partial charge >= 0.3 is 0 Å². The number of hydrogen-bond acceptors (Lipinski definition) is 9. The van der Waals surface area contributed by atoms with E-state index in [2.05, 4.69) is 20.0 Å². The van der Waals surface area contributed by atoms with Gasteiger partial charge in [0.15, 0.2) is 17.5 Å². The zero-order chi connectivity index (χ0) is 35.3. The van der Waals surface area contributed by atoms with E-state index >= 15 is 4.39 Å². The van der Waals surface area contributed by atoms with Crippen molar-refractivity contribution in [3.05, 3.63) is 76.0 Å². The van der Waals surface area contributed by atoms with Gasteiger partial charge in [-0.05, 0) is 83.1 Å². The molecule has 1 saturated carbocycles. The highest BCUT2D eigenvalue weighted by atomic mass is 32.2. The molecule has 51 heavy (non-hydrogen) atoms. The Morgan fingerprint density at radius 3 is 2.33 bits per heavy atom. The molecule has 5 aromatic rings. The zero-order valence-corrected chi connectivity index (χ0v) is 30.5. The van der Waals surface area contributed by atoms with Crippen molar-refractivity contribution in [2.75, 3.05) is 23.5 Å². The van der Waals surface area contributed by atoms with E-state index in [1.807, 2.05) is 40.0 Å². The van der Waals surface area contributed by atoms with Gasteiger partial charge in [-0.2, -0.15) is 22.7 Å². The fraction of sp³-hybridized carbons (Fsp3) is 0.474. The number of hydrogen-bond donors (Lipinski definition) is 0. The average molecular weight is 711 g/mol. The molecule has 2 saturated heterocycles. The largest absolute Gasteiger partial charge is 0.381 e. The molecule has 2 bridgehead atoms. The zero-order valence-electron chi connectivity index (χ0n) is 29.7. The molecule has 13 heteroatoms. The normalized spacial score (nSPS) is 21.9. The van der Waals surface area contributed by atoms with Crippen LogP contribution in [-0.2, 0) is 34.8 Å². The van der Waals surface area contributed by atoms with Crippen molar-refractivity contribution in [3.63, 3.8) is 0 Å². The fourth-order valence-corrected chi connectivity index (χ4v) is 10.1. The van der Waals surface area contributed by atoms with E-state index in [9.17, 15) is 8.42 Å². The first kappa shape index (κ1) is 32.5. The van der Waals surface area contributed by atoms with Gasteiger partial charge in [-0.3, -0.25) is 0 Å². The van der Waals surface area contributed by atoms with Crippen LogP contribution in [0.4, 0.5) is 16.0 Å². The van der Waals surface area contributed by atoms with Crippen LogP contribution in [-0.4, -0.2) is 69.2 Å². The number of nitrogens with zero attached hydrogens (tertiary/aromatic N) is 8. The molecule has 9 rings (SSSR count). The molecule has 4 aliphatic rings. The summed E-state index contributed by atoms with van der Waals surface area (Å²) in [6.45, 7) is 6.86. The van der Waals surface area contributed by atoms with Gasteiger partial charge in [0.25, 0.3) is 10.0 Å². The second kappa shape index (κ2) is 11.8. The molecule has 3 atom stereocenters. The van der Waals surface area contributed by atoms with Crippen LogP contribution >= 0.6 is 0 Å². The summed E-state index contributed by atoms with van der Waals surface area (Å²) in [4.78, 5) is 15.5. The molecule has 2 aromatic carbocycles. The lowest BCUT2D eigenvalue weighted by Crippen LogP contribution is -2.47. The first-order chi connectivity index (χ1) is 24.5. The van der Waals surface area contributed by atoms with E-state index in [0.29, 0.717) is 48.1 Å². The predicted octanol–water partition coefficient (Wildman–Crippen LogP) is 6.11. The minimum Gasteiger partial charge on any atom is -0.381 e. The van der Waals surface area contributed by atoms with Gasteiger partial charge in [-0.25, -0.2) is 19.0 Å². The monoisotopic (exact) mass is 710 g/mol.